The molecule has 0 N–H and O–H groups in total. The van der Waals surface area contributed by atoms with E-state index in [9.17, 15) is 0 Å². The fraction of sp³-hybridized carbons (Fsp3) is 0.156. The summed E-state index contributed by atoms with van der Waals surface area (Å²) in [5.74, 6) is 0. The predicted molar refractivity (Wildman–Crippen MR) is 151 cm³/mol. The Morgan fingerprint density at radius 2 is 1.46 bits per heavy atom. The number of rotatable bonds is 3. The molecule has 2 aromatic heterocycles. The Bertz CT molecular complexity index is 1750. The minimum atomic E-state index is -1.76. The molecule has 0 saturated heterocycles. The number of benzene rings is 4. The third kappa shape index (κ3) is 3.34. The standard InChI is InChI=1S/C32H30NOSi/c1-21-19-27-26-13-9-10-14-30(26)34-32(27)31(22(21)2)29-17-15-23-20-25(16-18-28(23)33(29)3)35(4,5)24-11-7-6-8-12-24/h6-20H,1-5H3/q+1. The molecule has 0 amide bonds. The molecule has 3 heteroatoms. The molecule has 4 aromatic carbocycles. The van der Waals surface area contributed by atoms with E-state index in [0.29, 0.717) is 0 Å². The van der Waals surface area contributed by atoms with E-state index >= 15 is 0 Å². The first-order valence-corrected chi connectivity index (χ1v) is 15.3. The van der Waals surface area contributed by atoms with Crippen LogP contribution in [0.4, 0.5) is 0 Å². The van der Waals surface area contributed by atoms with Crippen LogP contribution in [-0.2, 0) is 7.05 Å². The second-order valence-electron chi connectivity index (χ2n) is 10.2. The second kappa shape index (κ2) is 7.93. The maximum atomic E-state index is 6.45. The smallest absolute Gasteiger partial charge is 0.216 e. The van der Waals surface area contributed by atoms with E-state index in [2.05, 4.69) is 123 Å². The number of furan rings is 1. The maximum Gasteiger partial charge on any atom is 0.216 e. The summed E-state index contributed by atoms with van der Waals surface area (Å²) in [5.41, 5.74) is 8.05. The lowest BCUT2D eigenvalue weighted by molar-refractivity contribution is -0.633. The topological polar surface area (TPSA) is 17.0 Å². The van der Waals surface area contributed by atoms with Gasteiger partial charge in [0.25, 0.3) is 0 Å². The molecule has 2 heterocycles. The van der Waals surface area contributed by atoms with E-state index in [1.54, 1.807) is 0 Å². The largest absolute Gasteiger partial charge is 0.455 e. The summed E-state index contributed by atoms with van der Waals surface area (Å²) >= 11 is 0. The van der Waals surface area contributed by atoms with Crippen molar-refractivity contribution in [1.82, 2.24) is 0 Å². The van der Waals surface area contributed by atoms with Crippen molar-refractivity contribution in [2.24, 2.45) is 7.05 Å². The minimum absolute atomic E-state index is 0.940. The Kier molecular flexibility index (Phi) is 4.94. The fourth-order valence-corrected chi connectivity index (χ4v) is 7.84. The second-order valence-corrected chi connectivity index (χ2v) is 14.6. The molecule has 2 nitrogen and oxygen atoms in total. The average Bonchev–Trinajstić information content (AvgIpc) is 3.24. The van der Waals surface area contributed by atoms with Crippen molar-refractivity contribution in [2.75, 3.05) is 0 Å². The number of nitrogens with zero attached hydrogens (tertiary/aromatic N) is 1. The molecule has 0 bridgehead atoms. The molecular formula is C32H30NOSi+. The van der Waals surface area contributed by atoms with Crippen LogP contribution in [0, 0.1) is 13.8 Å². The van der Waals surface area contributed by atoms with Crippen LogP contribution in [0.1, 0.15) is 11.1 Å². The number of para-hydroxylation sites is 1. The zero-order valence-electron chi connectivity index (χ0n) is 21.0. The SMILES string of the molecule is Cc1cc2c(oc3ccccc32)c(-c2ccc3cc([Si](C)(C)c4ccccc4)ccc3[n+]2C)c1C. The van der Waals surface area contributed by atoms with Crippen LogP contribution < -0.4 is 14.9 Å². The Balaban J connectivity index is 1.56. The average molecular weight is 473 g/mol. The monoisotopic (exact) mass is 472 g/mol. The number of pyridine rings is 1. The first-order chi connectivity index (χ1) is 16.9. The first-order valence-electron chi connectivity index (χ1n) is 12.3. The lowest BCUT2D eigenvalue weighted by Crippen LogP contribution is -2.52. The fourth-order valence-electron chi connectivity index (χ4n) is 5.46. The molecule has 6 rings (SSSR count). The number of aromatic nitrogens is 1. The summed E-state index contributed by atoms with van der Waals surface area (Å²) in [6.07, 6.45) is 0. The van der Waals surface area contributed by atoms with Crippen LogP contribution >= 0.6 is 0 Å². The Morgan fingerprint density at radius 3 is 2.26 bits per heavy atom. The van der Waals surface area contributed by atoms with Gasteiger partial charge in [-0.05, 0) is 49.2 Å². The third-order valence-electron chi connectivity index (χ3n) is 7.83. The van der Waals surface area contributed by atoms with Crippen LogP contribution in [-0.4, -0.2) is 8.07 Å². The van der Waals surface area contributed by atoms with Crippen molar-refractivity contribution in [3.63, 3.8) is 0 Å². The van der Waals surface area contributed by atoms with Gasteiger partial charge in [0.05, 0.1) is 5.56 Å². The molecule has 0 saturated carbocycles. The van der Waals surface area contributed by atoms with Gasteiger partial charge in [-0.25, -0.2) is 0 Å². The first kappa shape index (κ1) is 21.8. The Labute approximate surface area is 207 Å². The molecule has 0 unspecified atom stereocenters. The normalized spacial score (nSPS) is 12.1. The zero-order valence-corrected chi connectivity index (χ0v) is 22.0. The number of hydrogen-bond donors (Lipinski definition) is 0. The van der Waals surface area contributed by atoms with E-state index in [-0.39, 0.29) is 0 Å². The van der Waals surface area contributed by atoms with Crippen LogP contribution in [0.2, 0.25) is 13.1 Å². The van der Waals surface area contributed by atoms with Gasteiger partial charge in [-0.1, -0.05) is 78.1 Å². The highest BCUT2D eigenvalue weighted by molar-refractivity contribution is 7.00. The zero-order chi connectivity index (χ0) is 24.3. The van der Waals surface area contributed by atoms with Crippen LogP contribution in [0.3, 0.4) is 0 Å². The summed E-state index contributed by atoms with van der Waals surface area (Å²) in [6, 6.07) is 33.1. The molecule has 0 aliphatic rings. The van der Waals surface area contributed by atoms with Crippen molar-refractivity contribution >= 4 is 51.3 Å². The molecule has 0 aliphatic carbocycles. The van der Waals surface area contributed by atoms with Crippen LogP contribution in [0.5, 0.6) is 0 Å². The Hall–Kier alpha value is -3.69. The molecule has 0 fully saturated rings. The summed E-state index contributed by atoms with van der Waals surface area (Å²) in [4.78, 5) is 0. The maximum absolute atomic E-state index is 6.45. The molecular weight excluding hydrogens is 442 g/mol. The van der Waals surface area contributed by atoms with Gasteiger partial charge >= 0.3 is 0 Å². The van der Waals surface area contributed by atoms with E-state index in [1.807, 2.05) is 6.07 Å². The molecule has 0 spiro atoms. The van der Waals surface area contributed by atoms with E-state index in [0.717, 1.165) is 11.2 Å². The molecule has 172 valence electrons. The van der Waals surface area contributed by atoms with Gasteiger partial charge in [-0.15, -0.1) is 0 Å². The van der Waals surface area contributed by atoms with E-state index < -0.39 is 8.07 Å². The van der Waals surface area contributed by atoms with Crippen molar-refractivity contribution in [3.8, 4) is 11.3 Å². The van der Waals surface area contributed by atoms with Crippen LogP contribution in [0.25, 0.3) is 44.1 Å². The van der Waals surface area contributed by atoms with Gasteiger partial charge in [0.1, 0.15) is 26.3 Å². The van der Waals surface area contributed by atoms with Gasteiger partial charge in [0, 0.05) is 28.3 Å². The minimum Gasteiger partial charge on any atom is -0.455 e. The lowest BCUT2D eigenvalue weighted by atomic mass is 9.96. The van der Waals surface area contributed by atoms with Gasteiger partial charge in [-0.3, -0.25) is 0 Å². The van der Waals surface area contributed by atoms with Crippen molar-refractivity contribution in [2.45, 2.75) is 26.9 Å². The summed E-state index contributed by atoms with van der Waals surface area (Å²) in [6.45, 7) is 9.28. The van der Waals surface area contributed by atoms with Crippen molar-refractivity contribution < 1.29 is 8.98 Å². The third-order valence-corrected chi connectivity index (χ3v) is 11.4. The molecule has 35 heavy (non-hydrogen) atoms. The van der Waals surface area contributed by atoms with Gasteiger partial charge in [0.15, 0.2) is 0 Å². The van der Waals surface area contributed by atoms with Crippen LogP contribution in [0.15, 0.2) is 95.4 Å². The Morgan fingerprint density at radius 1 is 0.714 bits per heavy atom. The predicted octanol–water partition coefficient (Wildman–Crippen LogP) is 6.67. The molecule has 0 aliphatic heterocycles. The molecule has 0 radical (unpaired) electrons. The summed E-state index contributed by atoms with van der Waals surface area (Å²) in [7, 11) is 0.410. The van der Waals surface area contributed by atoms with Gasteiger partial charge < -0.3 is 4.42 Å². The highest BCUT2D eigenvalue weighted by atomic mass is 28.3. The molecule has 0 atom stereocenters. The number of fused-ring (bicyclic) bond motifs is 4. The quantitative estimate of drug-likeness (QED) is 0.208. The van der Waals surface area contributed by atoms with E-state index in [1.165, 1.54) is 54.4 Å². The highest BCUT2D eigenvalue weighted by Crippen LogP contribution is 2.38. The van der Waals surface area contributed by atoms with Gasteiger partial charge in [0.2, 0.25) is 11.2 Å². The van der Waals surface area contributed by atoms with Crippen molar-refractivity contribution in [3.05, 3.63) is 102 Å². The number of aryl methyl sites for hydroxylation is 2. The molecule has 6 aromatic rings. The summed E-state index contributed by atoms with van der Waals surface area (Å²) in [5, 5.41) is 6.55. The van der Waals surface area contributed by atoms with Crippen molar-refractivity contribution in [1.29, 1.82) is 0 Å². The highest BCUT2D eigenvalue weighted by Gasteiger charge is 2.28. The van der Waals surface area contributed by atoms with Gasteiger partial charge in [-0.2, -0.15) is 4.57 Å². The number of hydrogen-bond acceptors (Lipinski definition) is 1. The summed E-state index contributed by atoms with van der Waals surface area (Å²) < 4.78 is 8.77. The van der Waals surface area contributed by atoms with E-state index in [4.69, 9.17) is 4.42 Å². The lowest BCUT2D eigenvalue weighted by Gasteiger charge is -2.23.